The van der Waals surface area contributed by atoms with Gasteiger partial charge in [-0.2, -0.15) is 0 Å². The Hall–Kier alpha value is -3.54. The summed E-state index contributed by atoms with van der Waals surface area (Å²) in [5.74, 6) is -0.500. The molecule has 1 saturated heterocycles. The lowest BCUT2D eigenvalue weighted by molar-refractivity contribution is -0.244. The molecule has 1 heterocycles. The summed E-state index contributed by atoms with van der Waals surface area (Å²) in [4.78, 5) is 13.2. The van der Waals surface area contributed by atoms with E-state index in [1.54, 1.807) is 49.4 Å². The third kappa shape index (κ3) is 6.47. The van der Waals surface area contributed by atoms with Crippen LogP contribution in [0.15, 0.2) is 102 Å². The Kier molecular flexibility index (Phi) is 8.93. The van der Waals surface area contributed by atoms with Crippen molar-refractivity contribution in [3.05, 3.63) is 103 Å². The lowest BCUT2D eigenvalue weighted by Crippen LogP contribution is -2.65. The van der Waals surface area contributed by atoms with E-state index in [4.69, 9.17) is 9.47 Å². The van der Waals surface area contributed by atoms with Gasteiger partial charge in [-0.25, -0.2) is 13.1 Å². The first-order valence-electron chi connectivity index (χ1n) is 12.1. The summed E-state index contributed by atoms with van der Waals surface area (Å²) >= 11 is 0. The first kappa shape index (κ1) is 27.5. The van der Waals surface area contributed by atoms with Gasteiger partial charge in [-0.15, -0.1) is 0 Å². The molecule has 38 heavy (non-hydrogen) atoms. The van der Waals surface area contributed by atoms with Crippen molar-refractivity contribution in [2.45, 2.75) is 42.5 Å². The van der Waals surface area contributed by atoms with Gasteiger partial charge in [-0.3, -0.25) is 4.79 Å². The van der Waals surface area contributed by atoms with Crippen molar-refractivity contribution in [1.82, 2.24) is 10.0 Å². The summed E-state index contributed by atoms with van der Waals surface area (Å²) in [6, 6.07) is 23.2. The number of carbonyl (C=O) groups is 1. The van der Waals surface area contributed by atoms with Crippen LogP contribution in [0.1, 0.15) is 17.3 Å². The van der Waals surface area contributed by atoms with Gasteiger partial charge in [-0.1, -0.05) is 66.7 Å². The van der Waals surface area contributed by atoms with Gasteiger partial charge in [0.05, 0.1) is 11.2 Å². The minimum Gasteiger partial charge on any atom is -0.493 e. The van der Waals surface area contributed by atoms with Crippen molar-refractivity contribution in [2.75, 3.05) is 6.54 Å². The van der Waals surface area contributed by atoms with E-state index >= 15 is 0 Å². The number of ether oxygens (including phenoxy) is 2. The summed E-state index contributed by atoms with van der Waals surface area (Å²) in [7, 11) is -3.88. The van der Waals surface area contributed by atoms with Crippen molar-refractivity contribution in [2.24, 2.45) is 0 Å². The van der Waals surface area contributed by atoms with Crippen molar-refractivity contribution in [1.29, 1.82) is 0 Å². The number of hydrogen-bond donors (Lipinski definition) is 4. The van der Waals surface area contributed by atoms with Crippen LogP contribution in [0, 0.1) is 0 Å². The predicted octanol–water partition coefficient (Wildman–Crippen LogP) is 2.43. The number of benzene rings is 3. The maximum Gasteiger partial charge on any atom is 0.251 e. The monoisotopic (exact) mass is 538 g/mol. The Labute approximate surface area is 221 Å². The SMILES string of the molecule is CC=CO[C@H]1[C@H](O)[C@@H](CNS(=O)(=O)c2ccccc2)O[C@H](O)[C@H]1NC(=O)c1cccc(-c2ccccc2)c1. The Morgan fingerprint density at radius 1 is 0.974 bits per heavy atom. The summed E-state index contributed by atoms with van der Waals surface area (Å²) in [6.45, 7) is 1.38. The number of allylic oxidation sites excluding steroid dienone is 1. The van der Waals surface area contributed by atoms with Crippen LogP contribution in [-0.4, -0.2) is 61.7 Å². The van der Waals surface area contributed by atoms with Crippen molar-refractivity contribution >= 4 is 15.9 Å². The van der Waals surface area contributed by atoms with E-state index in [1.165, 1.54) is 18.4 Å². The molecule has 1 aliphatic rings. The summed E-state index contributed by atoms with van der Waals surface area (Å²) in [6.07, 6.45) is -2.32. The van der Waals surface area contributed by atoms with Crippen LogP contribution in [0.3, 0.4) is 0 Å². The third-order valence-corrected chi connectivity index (χ3v) is 7.56. The normalized spacial score (nSPS) is 23.7. The van der Waals surface area contributed by atoms with Crippen LogP contribution in [0.2, 0.25) is 0 Å². The number of nitrogens with one attached hydrogen (secondary N) is 2. The predicted molar refractivity (Wildman–Crippen MR) is 141 cm³/mol. The molecule has 0 unspecified atom stereocenters. The number of rotatable bonds is 9. The lowest BCUT2D eigenvalue weighted by atomic mass is 9.96. The molecular weight excluding hydrogens is 508 g/mol. The Morgan fingerprint density at radius 3 is 2.32 bits per heavy atom. The third-order valence-electron chi connectivity index (χ3n) is 6.12. The summed E-state index contributed by atoms with van der Waals surface area (Å²) in [5, 5.41) is 24.5. The standard InChI is InChI=1S/C28H30N2O7S/c1-2-16-36-26-24(30-27(32)21-13-9-12-20(17-21)19-10-5-3-6-11-19)28(33)37-23(25(26)31)18-29-38(34,35)22-14-7-4-8-15-22/h2-17,23-26,28-29,31,33H,18H2,1H3,(H,30,32)/t23-,24+,25-,26-,28+/m1/s1. The van der Waals surface area contributed by atoms with Crippen LogP contribution >= 0.6 is 0 Å². The van der Waals surface area contributed by atoms with E-state index in [-0.39, 0.29) is 11.4 Å². The lowest BCUT2D eigenvalue weighted by Gasteiger charge is -2.42. The first-order valence-corrected chi connectivity index (χ1v) is 13.6. The second kappa shape index (κ2) is 12.3. The van der Waals surface area contributed by atoms with Gasteiger partial charge in [0.2, 0.25) is 10.0 Å². The van der Waals surface area contributed by atoms with Gasteiger partial charge in [0.1, 0.15) is 18.2 Å². The van der Waals surface area contributed by atoms with E-state index in [2.05, 4.69) is 10.0 Å². The van der Waals surface area contributed by atoms with Crippen LogP contribution in [0.5, 0.6) is 0 Å². The van der Waals surface area contributed by atoms with Gasteiger partial charge >= 0.3 is 0 Å². The van der Waals surface area contributed by atoms with Crippen LogP contribution in [-0.2, 0) is 19.5 Å². The molecule has 0 aliphatic carbocycles. The minimum absolute atomic E-state index is 0.0513. The van der Waals surface area contributed by atoms with E-state index in [1.807, 2.05) is 36.4 Å². The molecular formula is C28H30N2O7S. The van der Waals surface area contributed by atoms with E-state index in [0.29, 0.717) is 5.56 Å². The Bertz CT molecular complexity index is 1350. The van der Waals surface area contributed by atoms with E-state index in [0.717, 1.165) is 11.1 Å². The van der Waals surface area contributed by atoms with Gasteiger partial charge < -0.3 is 25.0 Å². The van der Waals surface area contributed by atoms with Gasteiger partial charge in [0, 0.05) is 12.1 Å². The molecule has 5 atom stereocenters. The topological polar surface area (TPSA) is 134 Å². The summed E-state index contributed by atoms with van der Waals surface area (Å²) < 4.78 is 38.8. The zero-order valence-corrected chi connectivity index (χ0v) is 21.5. The van der Waals surface area contributed by atoms with Gasteiger partial charge in [0.15, 0.2) is 12.4 Å². The molecule has 9 nitrogen and oxygen atoms in total. The second-order valence-corrected chi connectivity index (χ2v) is 10.5. The highest BCUT2D eigenvalue weighted by atomic mass is 32.2. The van der Waals surface area contributed by atoms with Crippen molar-refractivity contribution in [3.63, 3.8) is 0 Å². The van der Waals surface area contributed by atoms with Crippen molar-refractivity contribution in [3.8, 4) is 11.1 Å². The number of amides is 1. The fraction of sp³-hybridized carbons (Fsp3) is 0.250. The maximum atomic E-state index is 13.1. The van der Waals surface area contributed by atoms with Crippen LogP contribution < -0.4 is 10.0 Å². The fourth-order valence-corrected chi connectivity index (χ4v) is 5.23. The first-order chi connectivity index (χ1) is 18.3. The summed E-state index contributed by atoms with van der Waals surface area (Å²) in [5.41, 5.74) is 2.12. The van der Waals surface area contributed by atoms with Gasteiger partial charge in [0.25, 0.3) is 5.91 Å². The zero-order chi connectivity index (χ0) is 27.1. The smallest absolute Gasteiger partial charge is 0.251 e. The van der Waals surface area contributed by atoms with Gasteiger partial charge in [-0.05, 0) is 42.3 Å². The number of hydrogen-bond acceptors (Lipinski definition) is 7. The molecule has 0 radical (unpaired) electrons. The molecule has 0 spiro atoms. The molecule has 1 aliphatic heterocycles. The molecule has 200 valence electrons. The minimum atomic E-state index is -3.88. The highest BCUT2D eigenvalue weighted by molar-refractivity contribution is 7.89. The molecule has 0 saturated carbocycles. The Morgan fingerprint density at radius 2 is 1.63 bits per heavy atom. The molecule has 4 rings (SSSR count). The molecule has 3 aromatic carbocycles. The van der Waals surface area contributed by atoms with E-state index < -0.39 is 46.6 Å². The zero-order valence-electron chi connectivity index (χ0n) is 20.7. The second-order valence-electron chi connectivity index (χ2n) is 8.74. The largest absolute Gasteiger partial charge is 0.493 e. The van der Waals surface area contributed by atoms with E-state index in [9.17, 15) is 23.4 Å². The molecule has 4 N–H and O–H groups in total. The average molecular weight is 539 g/mol. The molecule has 0 aromatic heterocycles. The molecule has 1 fully saturated rings. The number of aliphatic hydroxyl groups excluding tert-OH is 2. The van der Waals surface area contributed by atoms with Crippen LogP contribution in [0.4, 0.5) is 0 Å². The fourth-order valence-electron chi connectivity index (χ4n) is 4.17. The quantitative estimate of drug-likeness (QED) is 0.308. The maximum absolute atomic E-state index is 13.1. The number of carbonyl (C=O) groups excluding carboxylic acids is 1. The average Bonchev–Trinajstić information content (AvgIpc) is 2.95. The number of sulfonamides is 1. The Balaban J connectivity index is 1.49. The van der Waals surface area contributed by atoms with Crippen molar-refractivity contribution < 1.29 is 32.9 Å². The highest BCUT2D eigenvalue weighted by Crippen LogP contribution is 2.25. The van der Waals surface area contributed by atoms with Crippen LogP contribution in [0.25, 0.3) is 11.1 Å². The molecule has 3 aromatic rings. The number of aliphatic hydroxyl groups is 2. The molecule has 0 bridgehead atoms. The molecule has 10 heteroatoms. The molecule has 1 amide bonds. The highest BCUT2D eigenvalue weighted by Gasteiger charge is 2.47.